The molecule has 0 saturated carbocycles. The summed E-state index contributed by atoms with van der Waals surface area (Å²) < 4.78 is 13.3. The van der Waals surface area contributed by atoms with E-state index >= 15 is 0 Å². The van der Waals surface area contributed by atoms with E-state index in [1.807, 2.05) is 0 Å². The van der Waals surface area contributed by atoms with Crippen molar-refractivity contribution in [2.75, 3.05) is 6.54 Å². The number of rotatable bonds is 5. The summed E-state index contributed by atoms with van der Waals surface area (Å²) in [6.07, 6.45) is 0.281. The number of carbonyl (C=O) groups is 2. The molecule has 1 aromatic carbocycles. The maximum Gasteiger partial charge on any atom is 0.306 e. The normalized spacial score (nSPS) is 11.9. The summed E-state index contributed by atoms with van der Waals surface area (Å²) in [5.41, 5.74) is -0.148. The van der Waals surface area contributed by atoms with Gasteiger partial charge in [0, 0.05) is 11.6 Å². The lowest BCUT2D eigenvalue weighted by molar-refractivity contribution is -0.141. The Bertz CT molecular complexity index is 465. The van der Waals surface area contributed by atoms with Gasteiger partial charge in [-0.05, 0) is 24.6 Å². The van der Waals surface area contributed by atoms with Crippen LogP contribution in [0.1, 0.15) is 23.7 Å². The lowest BCUT2D eigenvalue weighted by atomic mass is 10.1. The molecule has 0 saturated heterocycles. The Labute approximate surface area is 109 Å². The maximum atomic E-state index is 13.3. The van der Waals surface area contributed by atoms with Gasteiger partial charge < -0.3 is 10.4 Å². The minimum Gasteiger partial charge on any atom is -0.481 e. The molecule has 0 spiro atoms. The molecule has 1 unspecified atom stereocenters. The van der Waals surface area contributed by atoms with Crippen LogP contribution < -0.4 is 5.32 Å². The van der Waals surface area contributed by atoms with Crippen molar-refractivity contribution >= 4 is 23.5 Å². The quantitative estimate of drug-likeness (QED) is 0.865. The van der Waals surface area contributed by atoms with E-state index < -0.39 is 23.6 Å². The Morgan fingerprint density at radius 1 is 1.50 bits per heavy atom. The highest BCUT2D eigenvalue weighted by atomic mass is 35.5. The van der Waals surface area contributed by atoms with Crippen LogP contribution in [-0.2, 0) is 4.79 Å². The molecular formula is C12H13ClFNO3. The van der Waals surface area contributed by atoms with E-state index in [0.717, 1.165) is 6.07 Å². The number of nitrogens with one attached hydrogen (secondary N) is 1. The van der Waals surface area contributed by atoms with Crippen molar-refractivity contribution in [3.05, 3.63) is 34.6 Å². The monoisotopic (exact) mass is 273 g/mol. The van der Waals surface area contributed by atoms with Crippen LogP contribution in [0.2, 0.25) is 5.02 Å². The zero-order chi connectivity index (χ0) is 13.7. The summed E-state index contributed by atoms with van der Waals surface area (Å²) in [4.78, 5) is 22.2. The number of hydrogen-bond donors (Lipinski definition) is 2. The number of halogens is 2. The first-order chi connectivity index (χ1) is 8.41. The molecule has 6 heteroatoms. The van der Waals surface area contributed by atoms with Crippen LogP contribution in [0.25, 0.3) is 0 Å². The van der Waals surface area contributed by atoms with Crippen molar-refractivity contribution in [2.45, 2.75) is 13.3 Å². The molecule has 0 aromatic heterocycles. The molecule has 1 rings (SSSR count). The van der Waals surface area contributed by atoms with Crippen LogP contribution >= 0.6 is 11.6 Å². The molecule has 18 heavy (non-hydrogen) atoms. The molecule has 0 heterocycles. The van der Waals surface area contributed by atoms with E-state index in [9.17, 15) is 14.0 Å². The van der Waals surface area contributed by atoms with Gasteiger partial charge in [-0.25, -0.2) is 4.39 Å². The Kier molecular flexibility index (Phi) is 5.09. The Morgan fingerprint density at radius 2 is 2.17 bits per heavy atom. The SMILES string of the molecule is CC(CCNC(=O)c1cc(Cl)ccc1F)C(=O)O. The first-order valence-corrected chi connectivity index (χ1v) is 5.75. The molecule has 98 valence electrons. The molecule has 0 radical (unpaired) electrons. The lowest BCUT2D eigenvalue weighted by Crippen LogP contribution is -2.27. The summed E-state index contributed by atoms with van der Waals surface area (Å²) in [5, 5.41) is 11.4. The molecule has 2 N–H and O–H groups in total. The molecule has 0 bridgehead atoms. The lowest BCUT2D eigenvalue weighted by Gasteiger charge is -2.08. The first-order valence-electron chi connectivity index (χ1n) is 5.38. The third-order valence-corrected chi connectivity index (χ3v) is 2.69. The molecule has 0 fully saturated rings. The average molecular weight is 274 g/mol. The molecule has 1 aromatic rings. The van der Waals surface area contributed by atoms with Crippen LogP contribution in [0.15, 0.2) is 18.2 Å². The zero-order valence-corrected chi connectivity index (χ0v) is 10.5. The van der Waals surface area contributed by atoms with Crippen LogP contribution in [0.5, 0.6) is 0 Å². The summed E-state index contributed by atoms with van der Waals surface area (Å²) in [7, 11) is 0. The van der Waals surface area contributed by atoms with Gasteiger partial charge in [0.2, 0.25) is 0 Å². The second kappa shape index (κ2) is 6.35. The minimum absolute atomic E-state index is 0.148. The van der Waals surface area contributed by atoms with Crippen molar-refractivity contribution in [3.63, 3.8) is 0 Å². The number of carbonyl (C=O) groups excluding carboxylic acids is 1. The summed E-state index contributed by atoms with van der Waals surface area (Å²) >= 11 is 5.66. The number of aliphatic carboxylic acids is 1. The molecule has 0 aliphatic heterocycles. The maximum absolute atomic E-state index is 13.3. The second-order valence-electron chi connectivity index (χ2n) is 3.91. The highest BCUT2D eigenvalue weighted by Crippen LogP contribution is 2.14. The first kappa shape index (κ1) is 14.4. The summed E-state index contributed by atoms with van der Waals surface area (Å²) in [6.45, 7) is 1.70. The molecule has 0 aliphatic rings. The van der Waals surface area contributed by atoms with Crippen molar-refractivity contribution < 1.29 is 19.1 Å². The van der Waals surface area contributed by atoms with Crippen molar-refractivity contribution in [3.8, 4) is 0 Å². The van der Waals surface area contributed by atoms with Gasteiger partial charge in [0.25, 0.3) is 5.91 Å². The van der Waals surface area contributed by atoms with Crippen molar-refractivity contribution in [2.24, 2.45) is 5.92 Å². The topological polar surface area (TPSA) is 66.4 Å². The third-order valence-electron chi connectivity index (χ3n) is 2.46. The van der Waals surface area contributed by atoms with Crippen molar-refractivity contribution in [1.82, 2.24) is 5.32 Å². The number of carboxylic acids is 1. The van der Waals surface area contributed by atoms with E-state index in [1.54, 1.807) is 0 Å². The standard InChI is InChI=1S/C12H13ClFNO3/c1-7(12(17)18)4-5-15-11(16)9-6-8(13)2-3-10(9)14/h2-3,6-7H,4-5H2,1H3,(H,15,16)(H,17,18). The van der Waals surface area contributed by atoms with Crippen LogP contribution in [-0.4, -0.2) is 23.5 Å². The van der Waals surface area contributed by atoms with Crippen LogP contribution in [0.4, 0.5) is 4.39 Å². The number of carboxylic acid groups (broad SMARTS) is 1. The highest BCUT2D eigenvalue weighted by molar-refractivity contribution is 6.30. The van der Waals surface area contributed by atoms with Gasteiger partial charge in [0.15, 0.2) is 0 Å². The van der Waals surface area contributed by atoms with E-state index in [1.165, 1.54) is 19.1 Å². The molecule has 1 atom stereocenters. The Hall–Kier alpha value is -1.62. The van der Waals surface area contributed by atoms with Gasteiger partial charge in [0.1, 0.15) is 5.82 Å². The van der Waals surface area contributed by atoms with Gasteiger partial charge in [-0.3, -0.25) is 9.59 Å². The van der Waals surface area contributed by atoms with E-state index in [-0.39, 0.29) is 23.6 Å². The predicted molar refractivity (Wildman–Crippen MR) is 65.2 cm³/mol. The van der Waals surface area contributed by atoms with Crippen LogP contribution in [0, 0.1) is 11.7 Å². The molecule has 0 aliphatic carbocycles. The second-order valence-corrected chi connectivity index (χ2v) is 4.34. The van der Waals surface area contributed by atoms with Gasteiger partial charge in [0.05, 0.1) is 11.5 Å². The van der Waals surface area contributed by atoms with Crippen LogP contribution in [0.3, 0.4) is 0 Å². The summed E-state index contributed by atoms with van der Waals surface area (Å²) in [5.74, 6) is -2.76. The smallest absolute Gasteiger partial charge is 0.306 e. The Balaban J connectivity index is 2.55. The third kappa shape index (κ3) is 4.00. The molecule has 4 nitrogen and oxygen atoms in total. The van der Waals surface area contributed by atoms with E-state index in [4.69, 9.17) is 16.7 Å². The minimum atomic E-state index is -0.932. The average Bonchev–Trinajstić information content (AvgIpc) is 2.31. The zero-order valence-electron chi connectivity index (χ0n) is 9.74. The fourth-order valence-corrected chi connectivity index (χ4v) is 1.46. The predicted octanol–water partition coefficient (Wildman–Crippen LogP) is 2.32. The Morgan fingerprint density at radius 3 is 2.78 bits per heavy atom. The summed E-state index contributed by atoms with van der Waals surface area (Å²) in [6, 6.07) is 3.68. The van der Waals surface area contributed by atoms with Gasteiger partial charge in [-0.1, -0.05) is 18.5 Å². The van der Waals surface area contributed by atoms with Gasteiger partial charge in [-0.2, -0.15) is 0 Å². The largest absolute Gasteiger partial charge is 0.481 e. The highest BCUT2D eigenvalue weighted by Gasteiger charge is 2.14. The van der Waals surface area contributed by atoms with Gasteiger partial charge in [-0.15, -0.1) is 0 Å². The number of hydrogen-bond acceptors (Lipinski definition) is 2. The fraction of sp³-hybridized carbons (Fsp3) is 0.333. The van der Waals surface area contributed by atoms with E-state index in [2.05, 4.69) is 5.32 Å². The molecule has 1 amide bonds. The van der Waals surface area contributed by atoms with Gasteiger partial charge >= 0.3 is 5.97 Å². The number of amides is 1. The fourth-order valence-electron chi connectivity index (χ4n) is 1.29. The molecular weight excluding hydrogens is 261 g/mol. The van der Waals surface area contributed by atoms with Crippen molar-refractivity contribution in [1.29, 1.82) is 0 Å². The number of benzene rings is 1. The van der Waals surface area contributed by atoms with E-state index in [0.29, 0.717) is 0 Å².